The van der Waals surface area contributed by atoms with Crippen molar-refractivity contribution in [3.63, 3.8) is 0 Å². The standard InChI is InChI=1S/C8H8ClNO2/c1-5-3-7(8(11)12-9)10-4-6(5)2/h3-4H,1-2H3. The van der Waals surface area contributed by atoms with Gasteiger partial charge < -0.3 is 4.29 Å². The van der Waals surface area contributed by atoms with E-state index in [4.69, 9.17) is 11.9 Å². The topological polar surface area (TPSA) is 39.2 Å². The van der Waals surface area contributed by atoms with Crippen LogP contribution in [0.3, 0.4) is 0 Å². The Labute approximate surface area is 75.5 Å². The second kappa shape index (κ2) is 3.54. The lowest BCUT2D eigenvalue weighted by Gasteiger charge is -2.00. The predicted molar refractivity (Wildman–Crippen MR) is 45.0 cm³/mol. The van der Waals surface area contributed by atoms with Gasteiger partial charge in [0.25, 0.3) is 0 Å². The van der Waals surface area contributed by atoms with Gasteiger partial charge in [-0.05, 0) is 31.0 Å². The summed E-state index contributed by atoms with van der Waals surface area (Å²) in [5.74, 6) is -0.625. The van der Waals surface area contributed by atoms with Crippen LogP contribution in [0.5, 0.6) is 0 Å². The maximum Gasteiger partial charge on any atom is 0.374 e. The molecule has 0 unspecified atom stereocenters. The van der Waals surface area contributed by atoms with Gasteiger partial charge >= 0.3 is 5.97 Å². The smallest absolute Gasteiger partial charge is 0.342 e. The zero-order valence-electron chi connectivity index (χ0n) is 6.80. The number of nitrogens with zero attached hydrogens (tertiary/aromatic N) is 1. The molecular formula is C8H8ClNO2. The minimum absolute atomic E-state index is 0.230. The number of aromatic nitrogens is 1. The number of carbonyl (C=O) groups excluding carboxylic acids is 1. The summed E-state index contributed by atoms with van der Waals surface area (Å²) in [7, 11) is 0. The highest BCUT2D eigenvalue weighted by Crippen LogP contribution is 2.07. The van der Waals surface area contributed by atoms with Crippen LogP contribution in [0.25, 0.3) is 0 Å². The molecule has 1 heterocycles. The van der Waals surface area contributed by atoms with E-state index < -0.39 is 5.97 Å². The van der Waals surface area contributed by atoms with E-state index in [1.54, 1.807) is 12.3 Å². The SMILES string of the molecule is Cc1cnc(C(=O)OCl)cc1C. The Morgan fingerprint density at radius 2 is 2.17 bits per heavy atom. The first-order chi connectivity index (χ1) is 5.65. The molecule has 0 aromatic carbocycles. The van der Waals surface area contributed by atoms with Gasteiger partial charge in [-0.2, -0.15) is 0 Å². The van der Waals surface area contributed by atoms with Gasteiger partial charge in [0, 0.05) is 6.20 Å². The molecule has 0 aliphatic rings. The van der Waals surface area contributed by atoms with Crippen molar-refractivity contribution in [3.8, 4) is 0 Å². The second-order valence-corrected chi connectivity index (χ2v) is 2.67. The zero-order valence-corrected chi connectivity index (χ0v) is 7.55. The average Bonchev–Trinajstić information content (AvgIpc) is 2.08. The molecule has 0 saturated carbocycles. The van der Waals surface area contributed by atoms with Crippen LogP contribution in [-0.2, 0) is 4.29 Å². The highest BCUT2D eigenvalue weighted by atomic mass is 35.5. The summed E-state index contributed by atoms with van der Waals surface area (Å²) in [4.78, 5) is 14.7. The van der Waals surface area contributed by atoms with Crippen molar-refractivity contribution in [2.45, 2.75) is 13.8 Å². The van der Waals surface area contributed by atoms with Gasteiger partial charge in [-0.1, -0.05) is 0 Å². The molecular weight excluding hydrogens is 178 g/mol. The monoisotopic (exact) mass is 185 g/mol. The zero-order chi connectivity index (χ0) is 9.14. The summed E-state index contributed by atoms with van der Waals surface area (Å²) in [6.45, 7) is 3.81. The lowest BCUT2D eigenvalue weighted by Crippen LogP contribution is -2.02. The number of halogens is 1. The molecule has 0 saturated heterocycles. The number of pyridine rings is 1. The molecule has 1 aromatic heterocycles. The first-order valence-corrected chi connectivity index (χ1v) is 3.72. The Hall–Kier alpha value is -1.09. The minimum Gasteiger partial charge on any atom is -0.342 e. The molecule has 1 aromatic rings. The third kappa shape index (κ3) is 1.74. The number of hydrogen-bond donors (Lipinski definition) is 0. The van der Waals surface area contributed by atoms with E-state index in [9.17, 15) is 4.79 Å². The molecule has 0 spiro atoms. The largest absolute Gasteiger partial charge is 0.374 e. The van der Waals surface area contributed by atoms with Crippen LogP contribution in [0.2, 0.25) is 0 Å². The number of carbonyl (C=O) groups is 1. The summed E-state index contributed by atoms with van der Waals surface area (Å²) in [6.07, 6.45) is 1.61. The normalized spacial score (nSPS) is 9.58. The number of aryl methyl sites for hydroxylation is 2. The van der Waals surface area contributed by atoms with Gasteiger partial charge in [-0.25, -0.2) is 9.78 Å². The van der Waals surface area contributed by atoms with Crippen molar-refractivity contribution in [1.82, 2.24) is 4.98 Å². The minimum atomic E-state index is -0.625. The molecule has 1 rings (SSSR count). The highest BCUT2D eigenvalue weighted by molar-refractivity contribution is 6.15. The van der Waals surface area contributed by atoms with Crippen LogP contribution in [0.15, 0.2) is 12.3 Å². The number of hydrogen-bond acceptors (Lipinski definition) is 3. The van der Waals surface area contributed by atoms with Gasteiger partial charge in [-0.15, -0.1) is 0 Å². The van der Waals surface area contributed by atoms with Crippen molar-refractivity contribution in [2.24, 2.45) is 0 Å². The fourth-order valence-corrected chi connectivity index (χ4v) is 0.855. The highest BCUT2D eigenvalue weighted by Gasteiger charge is 2.08. The summed E-state index contributed by atoms with van der Waals surface area (Å²) >= 11 is 4.89. The van der Waals surface area contributed by atoms with E-state index in [0.717, 1.165) is 11.1 Å². The van der Waals surface area contributed by atoms with Crippen LogP contribution < -0.4 is 0 Å². The van der Waals surface area contributed by atoms with E-state index in [0.29, 0.717) is 0 Å². The Morgan fingerprint density at radius 1 is 1.50 bits per heavy atom. The number of rotatable bonds is 1. The van der Waals surface area contributed by atoms with E-state index in [1.165, 1.54) is 0 Å². The summed E-state index contributed by atoms with van der Waals surface area (Å²) < 4.78 is 4.00. The molecule has 0 aliphatic heterocycles. The Kier molecular flexibility index (Phi) is 2.65. The third-order valence-corrected chi connectivity index (χ3v) is 1.79. The molecule has 0 fully saturated rings. The first-order valence-electron chi connectivity index (χ1n) is 3.41. The van der Waals surface area contributed by atoms with Gasteiger partial charge in [-0.3, -0.25) is 0 Å². The second-order valence-electron chi connectivity index (χ2n) is 2.52. The lowest BCUT2D eigenvalue weighted by molar-refractivity contribution is 0.0745. The molecule has 0 amide bonds. The molecule has 0 aliphatic carbocycles. The average molecular weight is 186 g/mol. The molecule has 0 bridgehead atoms. The van der Waals surface area contributed by atoms with Gasteiger partial charge in [0.15, 0.2) is 0 Å². The van der Waals surface area contributed by atoms with Crippen molar-refractivity contribution in [2.75, 3.05) is 0 Å². The molecule has 0 N–H and O–H groups in total. The third-order valence-electron chi connectivity index (χ3n) is 1.65. The van der Waals surface area contributed by atoms with E-state index >= 15 is 0 Å². The summed E-state index contributed by atoms with van der Waals surface area (Å²) in [5.41, 5.74) is 2.25. The molecule has 4 heteroatoms. The molecule has 64 valence electrons. The molecule has 3 nitrogen and oxygen atoms in total. The first kappa shape index (κ1) is 9.00. The lowest BCUT2D eigenvalue weighted by atomic mass is 10.1. The van der Waals surface area contributed by atoms with Crippen molar-refractivity contribution in [1.29, 1.82) is 0 Å². The van der Waals surface area contributed by atoms with Crippen molar-refractivity contribution in [3.05, 3.63) is 29.1 Å². The predicted octanol–water partition coefficient (Wildman–Crippen LogP) is 2.01. The molecule has 12 heavy (non-hydrogen) atoms. The van der Waals surface area contributed by atoms with Crippen LogP contribution >= 0.6 is 11.9 Å². The van der Waals surface area contributed by atoms with Gasteiger partial charge in [0.1, 0.15) is 17.6 Å². The quantitative estimate of drug-likeness (QED) is 0.672. The maximum absolute atomic E-state index is 10.9. The summed E-state index contributed by atoms with van der Waals surface area (Å²) in [6, 6.07) is 1.64. The summed E-state index contributed by atoms with van der Waals surface area (Å²) in [5, 5.41) is 0. The van der Waals surface area contributed by atoms with E-state index in [1.807, 2.05) is 13.8 Å². The Bertz CT molecular complexity index is 312. The fourth-order valence-electron chi connectivity index (χ4n) is 0.776. The Balaban J connectivity index is 3.05. The van der Waals surface area contributed by atoms with Crippen molar-refractivity contribution >= 4 is 17.8 Å². The van der Waals surface area contributed by atoms with Crippen LogP contribution in [-0.4, -0.2) is 11.0 Å². The maximum atomic E-state index is 10.9. The van der Waals surface area contributed by atoms with Crippen LogP contribution in [0, 0.1) is 13.8 Å². The van der Waals surface area contributed by atoms with Gasteiger partial charge in [0.05, 0.1) is 0 Å². The van der Waals surface area contributed by atoms with E-state index in [2.05, 4.69) is 9.27 Å². The molecule has 0 radical (unpaired) electrons. The van der Waals surface area contributed by atoms with Gasteiger partial charge in [0.2, 0.25) is 0 Å². The Morgan fingerprint density at radius 3 is 2.67 bits per heavy atom. The van der Waals surface area contributed by atoms with Crippen LogP contribution in [0.4, 0.5) is 0 Å². The van der Waals surface area contributed by atoms with Crippen LogP contribution in [0.1, 0.15) is 21.6 Å². The fraction of sp³-hybridized carbons (Fsp3) is 0.250. The van der Waals surface area contributed by atoms with E-state index in [-0.39, 0.29) is 5.69 Å². The molecule has 0 atom stereocenters. The van der Waals surface area contributed by atoms with Crippen molar-refractivity contribution < 1.29 is 9.08 Å².